The zero-order valence-corrected chi connectivity index (χ0v) is 19.3. The van der Waals surface area contributed by atoms with Gasteiger partial charge >= 0.3 is 0 Å². The summed E-state index contributed by atoms with van der Waals surface area (Å²) in [6.07, 6.45) is 0.455. The number of hydrogen-bond acceptors (Lipinski definition) is 4. The van der Waals surface area contributed by atoms with Crippen LogP contribution in [-0.4, -0.2) is 85.4 Å². The van der Waals surface area contributed by atoms with E-state index in [0.29, 0.717) is 26.1 Å². The second kappa shape index (κ2) is 10.2. The Morgan fingerprint density at radius 2 is 1.41 bits per heavy atom. The third-order valence-corrected chi connectivity index (χ3v) is 6.69. The largest absolute Gasteiger partial charge is 0.368 e. The van der Waals surface area contributed by atoms with E-state index in [1.165, 1.54) is 11.3 Å². The van der Waals surface area contributed by atoms with Gasteiger partial charge in [-0.1, -0.05) is 36.4 Å². The molecule has 0 bridgehead atoms. The topological polar surface area (TPSA) is 47.1 Å². The summed E-state index contributed by atoms with van der Waals surface area (Å²) >= 11 is 0. The molecule has 0 spiro atoms. The third kappa shape index (κ3) is 5.49. The van der Waals surface area contributed by atoms with E-state index in [1.54, 1.807) is 0 Å². The summed E-state index contributed by atoms with van der Waals surface area (Å²) < 4.78 is 0. The van der Waals surface area contributed by atoms with Gasteiger partial charge in [0.05, 0.1) is 13.0 Å². The van der Waals surface area contributed by atoms with Gasteiger partial charge in [0, 0.05) is 58.0 Å². The molecule has 2 fully saturated rings. The molecule has 0 saturated carbocycles. The van der Waals surface area contributed by atoms with Gasteiger partial charge in [0.2, 0.25) is 11.8 Å². The maximum Gasteiger partial charge on any atom is 0.236 e. The zero-order valence-electron chi connectivity index (χ0n) is 19.3. The summed E-state index contributed by atoms with van der Waals surface area (Å²) in [5.74, 6) is 0.381. The number of aryl methyl sites for hydroxylation is 2. The molecule has 0 radical (unpaired) electrons. The van der Waals surface area contributed by atoms with Crippen molar-refractivity contribution in [2.24, 2.45) is 0 Å². The summed E-state index contributed by atoms with van der Waals surface area (Å²) in [5.41, 5.74) is 4.76. The first kappa shape index (κ1) is 22.3. The molecule has 2 aliphatic rings. The Kier molecular flexibility index (Phi) is 7.10. The summed E-state index contributed by atoms with van der Waals surface area (Å²) in [5, 5.41) is 0. The van der Waals surface area contributed by atoms with Crippen molar-refractivity contribution in [1.82, 2.24) is 14.7 Å². The van der Waals surface area contributed by atoms with Gasteiger partial charge in [0.1, 0.15) is 0 Å². The number of anilines is 1. The first-order valence-corrected chi connectivity index (χ1v) is 11.6. The highest BCUT2D eigenvalue weighted by atomic mass is 16.2. The molecule has 0 N–H and O–H groups in total. The third-order valence-electron chi connectivity index (χ3n) is 6.69. The number of rotatable bonds is 5. The lowest BCUT2D eigenvalue weighted by molar-refractivity contribution is -0.135. The molecular weight excluding hydrogens is 400 g/mol. The molecule has 32 heavy (non-hydrogen) atoms. The number of carbonyl (C=O) groups is 2. The highest BCUT2D eigenvalue weighted by Gasteiger charge is 2.26. The number of piperazine rings is 2. The van der Waals surface area contributed by atoms with Crippen molar-refractivity contribution in [3.8, 4) is 0 Å². The molecule has 0 unspecified atom stereocenters. The Hall–Kier alpha value is -2.86. The van der Waals surface area contributed by atoms with E-state index in [1.807, 2.05) is 41.0 Å². The minimum atomic E-state index is 0.178. The maximum absolute atomic E-state index is 12.8. The maximum atomic E-state index is 12.8. The summed E-state index contributed by atoms with van der Waals surface area (Å²) in [6, 6.07) is 16.6. The van der Waals surface area contributed by atoms with Crippen molar-refractivity contribution >= 4 is 17.5 Å². The van der Waals surface area contributed by atoms with Crippen LogP contribution < -0.4 is 4.90 Å². The predicted molar refractivity (Wildman–Crippen MR) is 128 cm³/mol. The van der Waals surface area contributed by atoms with Crippen molar-refractivity contribution in [2.75, 3.05) is 63.8 Å². The Bertz CT molecular complexity index is 944. The lowest BCUT2D eigenvalue weighted by Gasteiger charge is -2.38. The van der Waals surface area contributed by atoms with Crippen LogP contribution in [0.1, 0.15) is 16.7 Å². The lowest BCUT2D eigenvalue weighted by Crippen LogP contribution is -2.54. The van der Waals surface area contributed by atoms with E-state index in [-0.39, 0.29) is 11.8 Å². The molecule has 0 atom stereocenters. The summed E-state index contributed by atoms with van der Waals surface area (Å²) in [4.78, 5) is 34.0. The fourth-order valence-electron chi connectivity index (χ4n) is 4.57. The second-order valence-corrected chi connectivity index (χ2v) is 8.97. The second-order valence-electron chi connectivity index (χ2n) is 8.97. The van der Waals surface area contributed by atoms with Crippen molar-refractivity contribution in [1.29, 1.82) is 0 Å². The van der Waals surface area contributed by atoms with Crippen LogP contribution >= 0.6 is 0 Å². The van der Waals surface area contributed by atoms with Crippen LogP contribution in [0.25, 0.3) is 0 Å². The van der Waals surface area contributed by atoms with Crippen molar-refractivity contribution < 1.29 is 9.59 Å². The van der Waals surface area contributed by atoms with Gasteiger partial charge < -0.3 is 14.7 Å². The van der Waals surface area contributed by atoms with Gasteiger partial charge in [-0.2, -0.15) is 0 Å². The van der Waals surface area contributed by atoms with Gasteiger partial charge in [-0.05, 0) is 42.7 Å². The number of hydrogen-bond donors (Lipinski definition) is 0. The van der Waals surface area contributed by atoms with Gasteiger partial charge in [0.15, 0.2) is 0 Å². The molecule has 2 amide bonds. The molecule has 2 aromatic rings. The molecule has 2 heterocycles. The van der Waals surface area contributed by atoms with E-state index in [2.05, 4.69) is 41.0 Å². The molecule has 6 nitrogen and oxygen atoms in total. The van der Waals surface area contributed by atoms with Crippen molar-refractivity contribution in [3.63, 3.8) is 0 Å². The molecule has 6 heteroatoms. The van der Waals surface area contributed by atoms with Gasteiger partial charge in [-0.15, -0.1) is 0 Å². The van der Waals surface area contributed by atoms with Gasteiger partial charge in [0.25, 0.3) is 0 Å². The monoisotopic (exact) mass is 434 g/mol. The summed E-state index contributed by atoms with van der Waals surface area (Å²) in [6.45, 7) is 10.8. The molecule has 170 valence electrons. The number of nitrogens with zero attached hydrogens (tertiary/aromatic N) is 4. The van der Waals surface area contributed by atoms with Gasteiger partial charge in [-0.3, -0.25) is 14.5 Å². The van der Waals surface area contributed by atoms with Crippen LogP contribution in [0.5, 0.6) is 0 Å². The van der Waals surface area contributed by atoms with E-state index < -0.39 is 0 Å². The number of benzene rings is 2. The van der Waals surface area contributed by atoms with Crippen LogP contribution in [0.15, 0.2) is 48.5 Å². The highest BCUT2D eigenvalue weighted by molar-refractivity contribution is 5.80. The number of carbonyl (C=O) groups excluding carboxylic acids is 2. The van der Waals surface area contributed by atoms with Crippen LogP contribution in [-0.2, 0) is 16.0 Å². The van der Waals surface area contributed by atoms with Crippen molar-refractivity contribution in [3.05, 3.63) is 65.2 Å². The Morgan fingerprint density at radius 3 is 2.09 bits per heavy atom. The Morgan fingerprint density at radius 1 is 0.750 bits per heavy atom. The fraction of sp³-hybridized carbons (Fsp3) is 0.462. The fourth-order valence-corrected chi connectivity index (χ4v) is 4.57. The van der Waals surface area contributed by atoms with Crippen LogP contribution in [0.4, 0.5) is 5.69 Å². The average Bonchev–Trinajstić information content (AvgIpc) is 2.81. The zero-order chi connectivity index (χ0) is 22.5. The van der Waals surface area contributed by atoms with E-state index in [9.17, 15) is 9.59 Å². The normalized spacial score (nSPS) is 17.5. The molecule has 2 aromatic carbocycles. The quantitative estimate of drug-likeness (QED) is 0.725. The predicted octanol–water partition coefficient (Wildman–Crippen LogP) is 2.34. The summed E-state index contributed by atoms with van der Waals surface area (Å²) in [7, 11) is 0. The molecule has 4 rings (SSSR count). The molecule has 0 aliphatic carbocycles. The van der Waals surface area contributed by atoms with Crippen LogP contribution in [0.2, 0.25) is 0 Å². The van der Waals surface area contributed by atoms with Crippen LogP contribution in [0, 0.1) is 13.8 Å². The van der Waals surface area contributed by atoms with Gasteiger partial charge in [-0.25, -0.2) is 0 Å². The van der Waals surface area contributed by atoms with Crippen LogP contribution in [0.3, 0.4) is 0 Å². The van der Waals surface area contributed by atoms with Crippen molar-refractivity contribution in [2.45, 2.75) is 20.3 Å². The Balaban J connectivity index is 1.20. The minimum absolute atomic E-state index is 0.178. The lowest BCUT2D eigenvalue weighted by atomic mass is 10.1. The molecular formula is C26H34N4O2. The minimum Gasteiger partial charge on any atom is -0.368 e. The first-order chi connectivity index (χ1) is 15.5. The smallest absolute Gasteiger partial charge is 0.236 e. The molecule has 2 saturated heterocycles. The standard InChI is InChI=1S/C26H34N4O2/c1-21-6-5-9-24(18-21)28-14-16-30(17-15-28)26(32)20-27-10-12-29(13-11-27)25(31)19-23-8-4-3-7-22(23)2/h3-9,18H,10-17,19-20H2,1-2H3. The molecule has 0 aromatic heterocycles. The first-order valence-electron chi connectivity index (χ1n) is 11.6. The Labute approximate surface area is 191 Å². The average molecular weight is 435 g/mol. The van der Waals surface area contributed by atoms with E-state index in [4.69, 9.17) is 0 Å². The van der Waals surface area contributed by atoms with E-state index >= 15 is 0 Å². The SMILES string of the molecule is Cc1cccc(N2CCN(C(=O)CN3CCN(C(=O)Cc4ccccc4C)CC3)CC2)c1. The molecule has 2 aliphatic heterocycles. The number of amides is 2. The highest BCUT2D eigenvalue weighted by Crippen LogP contribution is 2.18. The van der Waals surface area contributed by atoms with E-state index in [0.717, 1.165) is 50.4 Å².